The molecule has 0 aliphatic carbocycles. The van der Waals surface area contributed by atoms with E-state index in [1.54, 1.807) is 0 Å². The Morgan fingerprint density at radius 1 is 1.47 bits per heavy atom. The van der Waals surface area contributed by atoms with Gasteiger partial charge in [-0.25, -0.2) is 0 Å². The highest BCUT2D eigenvalue weighted by Gasteiger charge is 2.21. The van der Waals surface area contributed by atoms with Gasteiger partial charge in [0.05, 0.1) is 12.7 Å². The van der Waals surface area contributed by atoms with Gasteiger partial charge >= 0.3 is 0 Å². The Kier molecular flexibility index (Phi) is 5.25. The Hall–Kier alpha value is -0.580. The summed E-state index contributed by atoms with van der Waals surface area (Å²) in [6, 6.07) is 6.94. The van der Waals surface area contributed by atoms with Gasteiger partial charge < -0.3 is 10.1 Å². The van der Waals surface area contributed by atoms with E-state index < -0.39 is 0 Å². The van der Waals surface area contributed by atoms with E-state index in [1.165, 1.54) is 5.56 Å². The summed E-state index contributed by atoms with van der Waals surface area (Å²) < 4.78 is 6.97. The lowest BCUT2D eigenvalue weighted by molar-refractivity contribution is -0.0315. The Morgan fingerprint density at radius 3 is 2.95 bits per heavy atom. The molecule has 106 valence electrons. The minimum absolute atomic E-state index is 0.278. The number of ether oxygens (including phenoxy) is 1. The fourth-order valence-electron chi connectivity index (χ4n) is 2.32. The van der Waals surface area contributed by atoms with E-state index in [9.17, 15) is 0 Å². The second kappa shape index (κ2) is 6.73. The van der Waals surface area contributed by atoms with E-state index in [-0.39, 0.29) is 6.10 Å². The Bertz CT molecular complexity index is 423. The summed E-state index contributed by atoms with van der Waals surface area (Å²) in [6.07, 6.45) is 0.278. The molecular formula is C15H23BrN2O. The van der Waals surface area contributed by atoms with Gasteiger partial charge in [-0.3, -0.25) is 4.90 Å². The van der Waals surface area contributed by atoms with E-state index in [1.807, 2.05) is 0 Å². The van der Waals surface area contributed by atoms with Gasteiger partial charge in [0.2, 0.25) is 0 Å². The van der Waals surface area contributed by atoms with Crippen LogP contribution >= 0.6 is 15.9 Å². The third kappa shape index (κ3) is 4.20. The van der Waals surface area contributed by atoms with Gasteiger partial charge in [-0.2, -0.15) is 0 Å². The summed E-state index contributed by atoms with van der Waals surface area (Å²) in [6.45, 7) is 10.4. The molecule has 1 aromatic rings. The number of nitrogens with zero attached hydrogens (tertiary/aromatic N) is 1. The molecule has 0 aromatic heterocycles. The van der Waals surface area contributed by atoms with Crippen molar-refractivity contribution in [3.63, 3.8) is 0 Å². The molecule has 0 spiro atoms. The van der Waals surface area contributed by atoms with Crippen LogP contribution in [0.1, 0.15) is 19.4 Å². The van der Waals surface area contributed by atoms with Crippen LogP contribution in [0.25, 0.3) is 0 Å². The molecule has 3 nitrogen and oxygen atoms in total. The van der Waals surface area contributed by atoms with Crippen LogP contribution in [0, 0.1) is 6.92 Å². The predicted molar refractivity (Wildman–Crippen MR) is 83.8 cm³/mol. The first-order valence-electron chi connectivity index (χ1n) is 6.92. The number of halogens is 1. The molecule has 1 aromatic carbocycles. The first-order chi connectivity index (χ1) is 9.06. The van der Waals surface area contributed by atoms with E-state index in [2.05, 4.69) is 65.1 Å². The number of hydrogen-bond donors (Lipinski definition) is 1. The van der Waals surface area contributed by atoms with Gasteiger partial charge in [-0.05, 0) is 44.5 Å². The van der Waals surface area contributed by atoms with Crippen molar-refractivity contribution in [3.8, 4) is 0 Å². The molecule has 1 heterocycles. The van der Waals surface area contributed by atoms with Gasteiger partial charge in [0.1, 0.15) is 0 Å². The topological polar surface area (TPSA) is 24.5 Å². The smallest absolute Gasteiger partial charge is 0.0874 e. The van der Waals surface area contributed by atoms with Gasteiger partial charge in [0.15, 0.2) is 0 Å². The van der Waals surface area contributed by atoms with Crippen LogP contribution in [0.15, 0.2) is 22.7 Å². The molecule has 2 rings (SSSR count). The summed E-state index contributed by atoms with van der Waals surface area (Å²) in [5.74, 6) is 0. The molecule has 1 saturated heterocycles. The Morgan fingerprint density at radius 2 is 2.26 bits per heavy atom. The predicted octanol–water partition coefficient (Wildman–Crippen LogP) is 3.28. The third-order valence-electron chi connectivity index (χ3n) is 3.59. The van der Waals surface area contributed by atoms with Crippen molar-refractivity contribution in [2.45, 2.75) is 32.9 Å². The maximum atomic E-state index is 5.82. The molecule has 0 radical (unpaired) electrons. The highest BCUT2D eigenvalue weighted by Crippen LogP contribution is 2.20. The minimum atomic E-state index is 0.278. The normalized spacial score (nSPS) is 20.8. The third-order valence-corrected chi connectivity index (χ3v) is 4.48. The molecule has 1 N–H and O–H groups in total. The number of hydrogen-bond acceptors (Lipinski definition) is 3. The second-order valence-corrected chi connectivity index (χ2v) is 6.28. The highest BCUT2D eigenvalue weighted by atomic mass is 79.9. The highest BCUT2D eigenvalue weighted by molar-refractivity contribution is 9.10. The standard InChI is InChI=1S/C15H23BrN2O/c1-11(2)18-6-7-19-14(10-18)9-17-13-4-5-15(16)12(3)8-13/h4-5,8,11,14,17H,6-7,9-10H2,1-3H3. The zero-order chi connectivity index (χ0) is 13.8. The maximum absolute atomic E-state index is 5.82. The quantitative estimate of drug-likeness (QED) is 0.918. The van der Waals surface area contributed by atoms with Gasteiger partial charge in [0.25, 0.3) is 0 Å². The lowest BCUT2D eigenvalue weighted by Gasteiger charge is -2.35. The average molecular weight is 327 g/mol. The molecular weight excluding hydrogens is 304 g/mol. The van der Waals surface area contributed by atoms with Crippen molar-refractivity contribution >= 4 is 21.6 Å². The number of nitrogens with one attached hydrogen (secondary N) is 1. The zero-order valence-corrected chi connectivity index (χ0v) is 13.5. The van der Waals surface area contributed by atoms with Crippen LogP contribution in [0.2, 0.25) is 0 Å². The van der Waals surface area contributed by atoms with Crippen LogP contribution < -0.4 is 5.32 Å². The number of aryl methyl sites for hydroxylation is 1. The molecule has 0 amide bonds. The van der Waals surface area contributed by atoms with Crippen molar-refractivity contribution < 1.29 is 4.74 Å². The lowest BCUT2D eigenvalue weighted by atomic mass is 10.2. The van der Waals surface area contributed by atoms with Crippen molar-refractivity contribution in [1.29, 1.82) is 0 Å². The number of morpholine rings is 1. The van der Waals surface area contributed by atoms with Gasteiger partial charge in [0, 0.05) is 35.8 Å². The molecule has 19 heavy (non-hydrogen) atoms. The number of benzene rings is 1. The largest absolute Gasteiger partial charge is 0.382 e. The van der Waals surface area contributed by atoms with Crippen molar-refractivity contribution in [1.82, 2.24) is 4.90 Å². The molecule has 1 unspecified atom stereocenters. The first kappa shape index (κ1) is 14.8. The Labute approximate surface area is 124 Å². The molecule has 1 atom stereocenters. The van der Waals surface area contributed by atoms with Crippen LogP contribution in [-0.4, -0.2) is 43.3 Å². The number of rotatable bonds is 4. The van der Waals surface area contributed by atoms with Gasteiger partial charge in [-0.15, -0.1) is 0 Å². The van der Waals surface area contributed by atoms with E-state index in [0.29, 0.717) is 6.04 Å². The molecule has 0 saturated carbocycles. The van der Waals surface area contributed by atoms with Crippen LogP contribution in [-0.2, 0) is 4.74 Å². The fraction of sp³-hybridized carbons (Fsp3) is 0.600. The SMILES string of the molecule is Cc1cc(NCC2CN(C(C)C)CCO2)ccc1Br. The Balaban J connectivity index is 1.86. The second-order valence-electron chi connectivity index (χ2n) is 5.43. The summed E-state index contributed by atoms with van der Waals surface area (Å²) in [7, 11) is 0. The first-order valence-corrected chi connectivity index (χ1v) is 7.71. The summed E-state index contributed by atoms with van der Waals surface area (Å²) in [5, 5.41) is 3.47. The van der Waals surface area contributed by atoms with Crippen LogP contribution in [0.4, 0.5) is 5.69 Å². The van der Waals surface area contributed by atoms with Crippen molar-refractivity contribution in [2.24, 2.45) is 0 Å². The summed E-state index contributed by atoms with van der Waals surface area (Å²) in [4.78, 5) is 2.47. The molecule has 0 bridgehead atoms. The van der Waals surface area contributed by atoms with E-state index in [0.717, 1.165) is 36.4 Å². The monoisotopic (exact) mass is 326 g/mol. The van der Waals surface area contributed by atoms with E-state index >= 15 is 0 Å². The molecule has 1 fully saturated rings. The lowest BCUT2D eigenvalue weighted by Crippen LogP contribution is -2.48. The van der Waals surface area contributed by atoms with Crippen LogP contribution in [0.5, 0.6) is 0 Å². The maximum Gasteiger partial charge on any atom is 0.0874 e. The zero-order valence-electron chi connectivity index (χ0n) is 11.9. The van der Waals surface area contributed by atoms with Crippen molar-refractivity contribution in [3.05, 3.63) is 28.2 Å². The van der Waals surface area contributed by atoms with Crippen molar-refractivity contribution in [2.75, 3.05) is 31.6 Å². The number of anilines is 1. The average Bonchev–Trinajstić information content (AvgIpc) is 2.40. The molecule has 4 heteroatoms. The fourth-order valence-corrected chi connectivity index (χ4v) is 2.57. The minimum Gasteiger partial charge on any atom is -0.382 e. The van der Waals surface area contributed by atoms with E-state index in [4.69, 9.17) is 4.74 Å². The summed E-state index contributed by atoms with van der Waals surface area (Å²) in [5.41, 5.74) is 2.41. The van der Waals surface area contributed by atoms with Gasteiger partial charge in [-0.1, -0.05) is 15.9 Å². The molecule has 1 aliphatic heterocycles. The summed E-state index contributed by atoms with van der Waals surface area (Å²) >= 11 is 3.52. The van der Waals surface area contributed by atoms with Crippen LogP contribution in [0.3, 0.4) is 0 Å². The molecule has 1 aliphatic rings.